The highest BCUT2D eigenvalue weighted by molar-refractivity contribution is 7.89. The average Bonchev–Trinajstić information content (AvgIpc) is 3.35. The molecule has 2 amide bonds. The Balaban J connectivity index is 1.39. The normalized spacial score (nSPS) is 21.0. The molecule has 1 aliphatic carbocycles. The Labute approximate surface area is 176 Å². The van der Waals surface area contributed by atoms with Gasteiger partial charge in [-0.25, -0.2) is 12.8 Å². The summed E-state index contributed by atoms with van der Waals surface area (Å²) >= 11 is 0. The Kier molecular flexibility index (Phi) is 6.08. The molecule has 0 bridgehead atoms. The molecular formula is C20H27FN4O4S. The third-order valence-electron chi connectivity index (χ3n) is 5.83. The van der Waals surface area contributed by atoms with Gasteiger partial charge in [-0.05, 0) is 43.9 Å². The van der Waals surface area contributed by atoms with E-state index in [0.717, 1.165) is 37.8 Å². The highest BCUT2D eigenvalue weighted by Crippen LogP contribution is 2.25. The van der Waals surface area contributed by atoms with E-state index in [1.165, 1.54) is 10.4 Å². The molecular weight excluding hydrogens is 411 g/mol. The number of halogens is 1. The fourth-order valence-electron chi connectivity index (χ4n) is 3.90. The molecule has 2 heterocycles. The van der Waals surface area contributed by atoms with Crippen LogP contribution in [0.1, 0.15) is 36.0 Å². The maximum Gasteiger partial charge on any atom is 0.253 e. The van der Waals surface area contributed by atoms with Gasteiger partial charge in [0.25, 0.3) is 5.91 Å². The minimum atomic E-state index is -3.95. The maximum atomic E-state index is 14.3. The predicted octanol–water partition coefficient (Wildman–Crippen LogP) is 0.647. The first kappa shape index (κ1) is 21.2. The van der Waals surface area contributed by atoms with Crippen molar-refractivity contribution in [1.82, 2.24) is 19.4 Å². The number of nitrogens with one attached hydrogen (secondary N) is 1. The number of hydrogen-bond acceptors (Lipinski definition) is 5. The quantitative estimate of drug-likeness (QED) is 0.704. The van der Waals surface area contributed by atoms with Crippen LogP contribution >= 0.6 is 0 Å². The molecule has 0 atom stereocenters. The van der Waals surface area contributed by atoms with Crippen molar-refractivity contribution in [3.63, 3.8) is 0 Å². The van der Waals surface area contributed by atoms with Crippen LogP contribution in [0.3, 0.4) is 0 Å². The van der Waals surface area contributed by atoms with Crippen LogP contribution in [0.4, 0.5) is 4.39 Å². The summed E-state index contributed by atoms with van der Waals surface area (Å²) in [6, 6.07) is 3.86. The molecule has 4 rings (SSSR count). The number of nitrogens with zero attached hydrogens (tertiary/aromatic N) is 3. The van der Waals surface area contributed by atoms with Crippen LogP contribution in [0.15, 0.2) is 23.1 Å². The number of amides is 2. The molecule has 2 aliphatic heterocycles. The molecule has 1 saturated carbocycles. The van der Waals surface area contributed by atoms with Crippen LogP contribution in [-0.2, 0) is 14.8 Å². The van der Waals surface area contributed by atoms with E-state index in [2.05, 4.69) is 5.32 Å². The van der Waals surface area contributed by atoms with E-state index in [9.17, 15) is 22.4 Å². The van der Waals surface area contributed by atoms with Crippen molar-refractivity contribution >= 4 is 21.8 Å². The van der Waals surface area contributed by atoms with Crippen molar-refractivity contribution in [3.05, 3.63) is 29.6 Å². The maximum absolute atomic E-state index is 14.3. The predicted molar refractivity (Wildman–Crippen MR) is 108 cm³/mol. The second kappa shape index (κ2) is 8.60. The molecule has 8 nitrogen and oxygen atoms in total. The van der Waals surface area contributed by atoms with Crippen molar-refractivity contribution in [2.45, 2.75) is 36.6 Å². The summed E-state index contributed by atoms with van der Waals surface area (Å²) in [5.74, 6) is -1.16. The van der Waals surface area contributed by atoms with E-state index in [0.29, 0.717) is 51.9 Å². The van der Waals surface area contributed by atoms with Gasteiger partial charge < -0.3 is 10.2 Å². The van der Waals surface area contributed by atoms with Gasteiger partial charge in [-0.1, -0.05) is 0 Å². The molecule has 0 spiro atoms. The Morgan fingerprint density at radius 2 is 1.70 bits per heavy atom. The molecule has 0 aromatic heterocycles. The van der Waals surface area contributed by atoms with Crippen molar-refractivity contribution < 1.29 is 22.4 Å². The fraction of sp³-hybridized carbons (Fsp3) is 0.600. The number of hydrogen-bond donors (Lipinski definition) is 1. The van der Waals surface area contributed by atoms with Gasteiger partial charge in [-0.2, -0.15) is 4.31 Å². The fourth-order valence-corrected chi connectivity index (χ4v) is 5.50. The molecule has 3 aliphatic rings. The Morgan fingerprint density at radius 3 is 2.33 bits per heavy atom. The summed E-state index contributed by atoms with van der Waals surface area (Å²) in [6.07, 6.45) is 3.59. The van der Waals surface area contributed by atoms with Gasteiger partial charge in [0, 0.05) is 50.9 Å². The summed E-state index contributed by atoms with van der Waals surface area (Å²) in [7, 11) is -3.95. The zero-order valence-electron chi connectivity index (χ0n) is 16.8. The lowest BCUT2D eigenvalue weighted by Crippen LogP contribution is -2.51. The topological polar surface area (TPSA) is 90.0 Å². The summed E-state index contributed by atoms with van der Waals surface area (Å²) in [4.78, 5) is 28.0. The van der Waals surface area contributed by atoms with Crippen molar-refractivity contribution in [1.29, 1.82) is 0 Å². The number of sulfonamides is 1. The van der Waals surface area contributed by atoms with Crippen LogP contribution in [0.25, 0.3) is 0 Å². The summed E-state index contributed by atoms with van der Waals surface area (Å²) in [5, 5.41) is 2.95. The molecule has 3 fully saturated rings. The van der Waals surface area contributed by atoms with Crippen LogP contribution in [0.5, 0.6) is 0 Å². The smallest absolute Gasteiger partial charge is 0.253 e. The summed E-state index contributed by atoms with van der Waals surface area (Å²) < 4.78 is 41.1. The number of rotatable bonds is 6. The van der Waals surface area contributed by atoms with Crippen LogP contribution in [0, 0.1) is 5.82 Å². The van der Waals surface area contributed by atoms with E-state index in [4.69, 9.17) is 0 Å². The van der Waals surface area contributed by atoms with Gasteiger partial charge in [0.2, 0.25) is 15.9 Å². The standard InChI is InChI=1S/C20H27FN4O4S/c21-17-6-3-15(13-18(17)30(28,29)25-7-1-2-8-25)20(27)24-11-9-23(10-12-24)14-19(26)22-16-4-5-16/h3,6,13,16H,1-2,4-5,7-12,14H2,(H,22,26). The highest BCUT2D eigenvalue weighted by atomic mass is 32.2. The SMILES string of the molecule is O=C(CN1CCN(C(=O)c2ccc(F)c(S(=O)(=O)N3CCCC3)c2)CC1)NC1CC1. The zero-order chi connectivity index (χ0) is 21.3. The first-order valence-electron chi connectivity index (χ1n) is 10.5. The highest BCUT2D eigenvalue weighted by Gasteiger charge is 2.31. The Bertz CT molecular complexity index is 921. The van der Waals surface area contributed by atoms with E-state index in [-0.39, 0.29) is 17.4 Å². The number of carbonyl (C=O) groups excluding carboxylic acids is 2. The Hall–Kier alpha value is -2.04. The monoisotopic (exact) mass is 438 g/mol. The molecule has 30 heavy (non-hydrogen) atoms. The number of piperazine rings is 1. The van der Waals surface area contributed by atoms with Gasteiger partial charge in [-0.3, -0.25) is 14.5 Å². The van der Waals surface area contributed by atoms with Gasteiger partial charge >= 0.3 is 0 Å². The Morgan fingerprint density at radius 1 is 1.03 bits per heavy atom. The minimum absolute atomic E-state index is 0.00701. The second-order valence-electron chi connectivity index (χ2n) is 8.17. The molecule has 0 unspecified atom stereocenters. The second-order valence-corrected chi connectivity index (χ2v) is 10.1. The zero-order valence-corrected chi connectivity index (χ0v) is 17.7. The van der Waals surface area contributed by atoms with E-state index < -0.39 is 20.7 Å². The lowest BCUT2D eigenvalue weighted by molar-refractivity contribution is -0.122. The number of benzene rings is 1. The van der Waals surface area contributed by atoms with Gasteiger partial charge in [0.15, 0.2) is 0 Å². The van der Waals surface area contributed by atoms with Gasteiger partial charge in [0.05, 0.1) is 6.54 Å². The van der Waals surface area contributed by atoms with Gasteiger partial charge in [0.1, 0.15) is 10.7 Å². The lowest BCUT2D eigenvalue weighted by Gasteiger charge is -2.34. The molecule has 2 saturated heterocycles. The average molecular weight is 439 g/mol. The third kappa shape index (κ3) is 4.65. The summed E-state index contributed by atoms with van der Waals surface area (Å²) in [6.45, 7) is 3.04. The van der Waals surface area contributed by atoms with E-state index >= 15 is 0 Å². The number of carbonyl (C=O) groups is 2. The van der Waals surface area contributed by atoms with Gasteiger partial charge in [-0.15, -0.1) is 0 Å². The molecule has 0 radical (unpaired) electrons. The van der Waals surface area contributed by atoms with Crippen molar-refractivity contribution in [3.8, 4) is 0 Å². The molecule has 1 aromatic rings. The van der Waals surface area contributed by atoms with Crippen LogP contribution < -0.4 is 5.32 Å². The minimum Gasteiger partial charge on any atom is -0.352 e. The largest absolute Gasteiger partial charge is 0.352 e. The first-order chi connectivity index (χ1) is 14.3. The molecule has 10 heteroatoms. The van der Waals surface area contributed by atoms with Crippen molar-refractivity contribution in [2.24, 2.45) is 0 Å². The summed E-state index contributed by atoms with van der Waals surface area (Å²) in [5.41, 5.74) is 0.161. The molecule has 1 aromatic carbocycles. The molecule has 1 N–H and O–H groups in total. The lowest BCUT2D eigenvalue weighted by atomic mass is 10.1. The van der Waals surface area contributed by atoms with Crippen LogP contribution in [0.2, 0.25) is 0 Å². The molecule has 164 valence electrons. The van der Waals surface area contributed by atoms with E-state index in [1.807, 2.05) is 4.90 Å². The van der Waals surface area contributed by atoms with E-state index in [1.54, 1.807) is 4.90 Å². The van der Waals surface area contributed by atoms with Crippen molar-refractivity contribution in [2.75, 3.05) is 45.8 Å². The van der Waals surface area contributed by atoms with Crippen LogP contribution in [-0.4, -0.2) is 86.2 Å². The third-order valence-corrected chi connectivity index (χ3v) is 7.74. The first-order valence-corrected chi connectivity index (χ1v) is 11.9.